The van der Waals surface area contributed by atoms with E-state index < -0.39 is 0 Å². The predicted octanol–water partition coefficient (Wildman–Crippen LogP) is 13.5. The summed E-state index contributed by atoms with van der Waals surface area (Å²) in [6.45, 7) is 7.11. The van der Waals surface area contributed by atoms with Gasteiger partial charge >= 0.3 is 0 Å². The Morgan fingerprint density at radius 2 is 0.800 bits per heavy atom. The zero-order valence-electron chi connectivity index (χ0n) is 28.6. The van der Waals surface area contributed by atoms with Crippen molar-refractivity contribution in [3.8, 4) is 11.1 Å². The Kier molecular flexibility index (Phi) is 7.07. The molecule has 8 aromatic rings. The zero-order valence-corrected chi connectivity index (χ0v) is 28.6. The fourth-order valence-electron chi connectivity index (χ4n) is 8.34. The van der Waals surface area contributed by atoms with Gasteiger partial charge in [-0.05, 0) is 129 Å². The quantitative estimate of drug-likeness (QED) is 0.178. The first kappa shape index (κ1) is 30.0. The summed E-state index contributed by atoms with van der Waals surface area (Å²) in [5, 5.41) is 5.16. The smallest absolute Gasteiger partial charge is 0.0468 e. The monoisotopic (exact) mass is 642 g/mol. The molecule has 9 rings (SSSR count). The summed E-state index contributed by atoms with van der Waals surface area (Å²) in [5.41, 5.74) is 13.6. The lowest BCUT2D eigenvalue weighted by Crippen LogP contribution is -2.16. The molecule has 0 spiro atoms. The Hall–Kier alpha value is -6.12. The molecule has 0 atom stereocenters. The van der Waals surface area contributed by atoms with Crippen LogP contribution in [0.2, 0.25) is 0 Å². The highest BCUT2D eigenvalue weighted by Gasteiger charge is 2.39. The van der Waals surface area contributed by atoms with Gasteiger partial charge in [0.1, 0.15) is 0 Å². The van der Waals surface area contributed by atoms with E-state index in [0.717, 1.165) is 34.1 Å². The molecule has 2 heteroatoms. The normalized spacial score (nSPS) is 12.9. The highest BCUT2D eigenvalue weighted by Crippen LogP contribution is 2.55. The SMILES string of the molecule is Cc1cc2cc(N(c3ccccc3)c3ccccc3)ccc2c2c1-c1ccc3cc(N(c4ccccc4)c4ccccc4)ccc3c1C2(C)C. The molecule has 0 amide bonds. The molecule has 1 aliphatic carbocycles. The number of hydrogen-bond acceptors (Lipinski definition) is 2. The molecule has 0 saturated heterocycles. The van der Waals surface area contributed by atoms with Gasteiger partial charge in [0.05, 0.1) is 0 Å². The van der Waals surface area contributed by atoms with Crippen LogP contribution in [-0.4, -0.2) is 0 Å². The average molecular weight is 643 g/mol. The Labute approximate surface area is 294 Å². The highest BCUT2D eigenvalue weighted by molar-refractivity contribution is 6.06. The van der Waals surface area contributed by atoms with Crippen LogP contribution in [0.1, 0.15) is 30.5 Å². The summed E-state index contributed by atoms with van der Waals surface area (Å²) < 4.78 is 0. The van der Waals surface area contributed by atoms with Crippen LogP contribution in [0.3, 0.4) is 0 Å². The van der Waals surface area contributed by atoms with Crippen molar-refractivity contribution >= 4 is 55.7 Å². The van der Waals surface area contributed by atoms with Crippen molar-refractivity contribution in [2.75, 3.05) is 9.80 Å². The van der Waals surface area contributed by atoms with Crippen LogP contribution in [0, 0.1) is 6.92 Å². The van der Waals surface area contributed by atoms with Crippen molar-refractivity contribution < 1.29 is 0 Å². The minimum atomic E-state index is -0.186. The zero-order chi connectivity index (χ0) is 33.8. The van der Waals surface area contributed by atoms with E-state index >= 15 is 0 Å². The van der Waals surface area contributed by atoms with Gasteiger partial charge in [0, 0.05) is 39.5 Å². The standard InChI is InChI=1S/C48H38N2/c1-33-30-35-32-41(50(38-20-12-6-13-21-38)39-22-14-7-15-23-39)26-29-43(35)47-45(33)44-27-24-34-31-40(25-28-42(34)46(44)48(47,2)3)49(36-16-8-4-9-17-36)37-18-10-5-11-19-37/h4-32H,1-3H3. The molecule has 240 valence electrons. The average Bonchev–Trinajstić information content (AvgIpc) is 3.41. The second kappa shape index (κ2) is 11.8. The second-order valence-corrected chi connectivity index (χ2v) is 13.9. The molecular formula is C48H38N2. The van der Waals surface area contributed by atoms with Crippen molar-refractivity contribution in [1.29, 1.82) is 0 Å². The minimum Gasteiger partial charge on any atom is -0.310 e. The molecule has 0 fully saturated rings. The van der Waals surface area contributed by atoms with E-state index in [1.54, 1.807) is 0 Å². The molecule has 8 aromatic carbocycles. The molecule has 0 aromatic heterocycles. The fourth-order valence-corrected chi connectivity index (χ4v) is 8.34. The third-order valence-corrected chi connectivity index (χ3v) is 10.4. The maximum absolute atomic E-state index is 2.41. The van der Waals surface area contributed by atoms with Gasteiger partial charge < -0.3 is 9.80 Å². The molecule has 50 heavy (non-hydrogen) atoms. The largest absolute Gasteiger partial charge is 0.310 e. The lowest BCUT2D eigenvalue weighted by atomic mass is 9.78. The molecule has 0 unspecified atom stereocenters. The molecule has 2 nitrogen and oxygen atoms in total. The first-order valence-electron chi connectivity index (χ1n) is 17.4. The van der Waals surface area contributed by atoms with Crippen molar-refractivity contribution in [3.05, 3.63) is 193 Å². The maximum atomic E-state index is 2.41. The Morgan fingerprint density at radius 3 is 1.26 bits per heavy atom. The number of nitrogens with zero attached hydrogens (tertiary/aromatic N) is 2. The number of aryl methyl sites for hydroxylation is 1. The Balaban J connectivity index is 1.18. The highest BCUT2D eigenvalue weighted by atomic mass is 15.1. The van der Waals surface area contributed by atoms with Gasteiger partial charge in [-0.3, -0.25) is 0 Å². The molecule has 0 N–H and O–H groups in total. The van der Waals surface area contributed by atoms with E-state index in [9.17, 15) is 0 Å². The molecule has 0 saturated carbocycles. The van der Waals surface area contributed by atoms with Gasteiger partial charge in [0.2, 0.25) is 0 Å². The first-order chi connectivity index (χ1) is 24.5. The van der Waals surface area contributed by atoms with E-state index in [-0.39, 0.29) is 5.41 Å². The van der Waals surface area contributed by atoms with Crippen molar-refractivity contribution in [2.24, 2.45) is 0 Å². The van der Waals surface area contributed by atoms with Crippen LogP contribution < -0.4 is 9.80 Å². The van der Waals surface area contributed by atoms with Crippen LogP contribution >= 0.6 is 0 Å². The van der Waals surface area contributed by atoms with Crippen LogP contribution in [-0.2, 0) is 5.41 Å². The number of anilines is 6. The van der Waals surface area contributed by atoms with Crippen molar-refractivity contribution in [2.45, 2.75) is 26.2 Å². The molecule has 1 aliphatic rings. The minimum absolute atomic E-state index is 0.186. The van der Waals surface area contributed by atoms with Gasteiger partial charge in [-0.15, -0.1) is 0 Å². The number of benzene rings is 8. The Bertz CT molecular complexity index is 2420. The van der Waals surface area contributed by atoms with Crippen LogP contribution in [0.5, 0.6) is 0 Å². The van der Waals surface area contributed by atoms with Gasteiger partial charge in [-0.1, -0.05) is 117 Å². The topological polar surface area (TPSA) is 6.48 Å². The third kappa shape index (κ3) is 4.79. The Morgan fingerprint density at radius 1 is 0.380 bits per heavy atom. The number of para-hydroxylation sites is 4. The summed E-state index contributed by atoms with van der Waals surface area (Å²) in [6, 6.07) is 63.7. The summed E-state index contributed by atoms with van der Waals surface area (Å²) >= 11 is 0. The van der Waals surface area contributed by atoms with Crippen LogP contribution in [0.4, 0.5) is 34.1 Å². The van der Waals surface area contributed by atoms with Gasteiger partial charge in [-0.2, -0.15) is 0 Å². The molecule has 0 radical (unpaired) electrons. The lowest BCUT2D eigenvalue weighted by molar-refractivity contribution is 0.672. The van der Waals surface area contributed by atoms with Gasteiger partial charge in [0.15, 0.2) is 0 Å². The molecule has 0 bridgehead atoms. The number of fused-ring (bicyclic) bond motifs is 7. The summed E-state index contributed by atoms with van der Waals surface area (Å²) in [7, 11) is 0. The van der Waals surface area contributed by atoms with Crippen LogP contribution in [0.25, 0.3) is 32.7 Å². The van der Waals surface area contributed by atoms with E-state index in [4.69, 9.17) is 0 Å². The maximum Gasteiger partial charge on any atom is 0.0468 e. The summed E-state index contributed by atoms with van der Waals surface area (Å²) in [5.74, 6) is 0. The van der Waals surface area contributed by atoms with E-state index in [1.165, 1.54) is 49.4 Å². The molecule has 0 heterocycles. The number of rotatable bonds is 6. The summed E-state index contributed by atoms with van der Waals surface area (Å²) in [4.78, 5) is 4.69. The first-order valence-corrected chi connectivity index (χ1v) is 17.4. The van der Waals surface area contributed by atoms with E-state index in [1.807, 2.05) is 0 Å². The number of hydrogen-bond donors (Lipinski definition) is 0. The summed E-state index contributed by atoms with van der Waals surface area (Å²) in [6.07, 6.45) is 0. The molecular weight excluding hydrogens is 605 g/mol. The second-order valence-electron chi connectivity index (χ2n) is 13.9. The van der Waals surface area contributed by atoms with Crippen LogP contribution in [0.15, 0.2) is 176 Å². The lowest BCUT2D eigenvalue weighted by Gasteiger charge is -2.28. The van der Waals surface area contributed by atoms with Gasteiger partial charge in [-0.25, -0.2) is 0 Å². The molecule has 0 aliphatic heterocycles. The van der Waals surface area contributed by atoms with E-state index in [2.05, 4.69) is 206 Å². The fraction of sp³-hybridized carbons (Fsp3) is 0.0833. The van der Waals surface area contributed by atoms with Crippen molar-refractivity contribution in [1.82, 2.24) is 0 Å². The predicted molar refractivity (Wildman–Crippen MR) is 213 cm³/mol. The van der Waals surface area contributed by atoms with E-state index in [0.29, 0.717) is 0 Å². The van der Waals surface area contributed by atoms with Gasteiger partial charge in [0.25, 0.3) is 0 Å². The van der Waals surface area contributed by atoms with Crippen molar-refractivity contribution in [3.63, 3.8) is 0 Å². The third-order valence-electron chi connectivity index (χ3n) is 10.4.